The van der Waals surface area contributed by atoms with Crippen LogP contribution in [0.2, 0.25) is 0 Å². The van der Waals surface area contributed by atoms with E-state index in [1.165, 1.54) is 0 Å². The highest BCUT2D eigenvalue weighted by molar-refractivity contribution is 6.22. The van der Waals surface area contributed by atoms with Gasteiger partial charge in [0.05, 0.1) is 17.2 Å². The van der Waals surface area contributed by atoms with Crippen molar-refractivity contribution in [1.82, 2.24) is 0 Å². The van der Waals surface area contributed by atoms with E-state index in [9.17, 15) is 5.26 Å². The molecule has 0 bridgehead atoms. The van der Waals surface area contributed by atoms with Gasteiger partial charge in [-0.2, -0.15) is 5.26 Å². The summed E-state index contributed by atoms with van der Waals surface area (Å²) in [6.45, 7) is 0. The summed E-state index contributed by atoms with van der Waals surface area (Å²) in [6, 6.07) is 41.4. The van der Waals surface area contributed by atoms with Crippen LogP contribution < -0.4 is 0 Å². The maximum absolute atomic E-state index is 9.30. The Labute approximate surface area is 217 Å². The molecule has 3 nitrogen and oxygen atoms in total. The third kappa shape index (κ3) is 3.01. The van der Waals surface area contributed by atoms with E-state index in [1.807, 2.05) is 48.5 Å². The molecule has 8 rings (SSSR count). The fraction of sp³-hybridized carbons (Fsp3) is 0. The summed E-state index contributed by atoms with van der Waals surface area (Å²) in [6.07, 6.45) is 0. The molecular formula is C35H19NO2. The maximum Gasteiger partial charge on any atom is 0.147 e. The molecule has 0 N–H and O–H groups in total. The Bertz CT molecular complexity index is 2170. The molecular weight excluding hydrogens is 466 g/mol. The molecule has 0 saturated heterocycles. The number of nitriles is 1. The second kappa shape index (κ2) is 7.83. The van der Waals surface area contributed by atoms with Gasteiger partial charge in [0, 0.05) is 21.5 Å². The Balaban J connectivity index is 1.39. The van der Waals surface area contributed by atoms with Crippen molar-refractivity contribution in [2.24, 2.45) is 0 Å². The molecule has 0 aliphatic rings. The van der Waals surface area contributed by atoms with Crippen molar-refractivity contribution in [3.8, 4) is 28.3 Å². The topological polar surface area (TPSA) is 50.1 Å². The largest absolute Gasteiger partial charge is 0.455 e. The van der Waals surface area contributed by atoms with Crippen LogP contribution in [0.3, 0.4) is 0 Å². The van der Waals surface area contributed by atoms with E-state index >= 15 is 0 Å². The molecule has 0 atom stereocenters. The predicted octanol–water partition coefficient (Wildman–Crippen LogP) is 9.84. The lowest BCUT2D eigenvalue weighted by Crippen LogP contribution is -1.84. The molecule has 176 valence electrons. The molecule has 0 saturated carbocycles. The SMILES string of the molecule is N#Cc1cccc(-c2ccc3cc(-c4c5oc6ccccc6c5cc5c4oc4ccccc45)ccc3c2)c1. The average Bonchev–Trinajstić information content (AvgIpc) is 3.53. The number of rotatable bonds is 2. The molecule has 0 amide bonds. The first-order valence-corrected chi connectivity index (χ1v) is 12.6. The monoisotopic (exact) mass is 485 g/mol. The summed E-state index contributed by atoms with van der Waals surface area (Å²) in [5, 5.41) is 15.9. The minimum atomic E-state index is 0.659. The lowest BCUT2D eigenvalue weighted by molar-refractivity contribution is 0.658. The third-order valence-electron chi connectivity index (χ3n) is 7.46. The van der Waals surface area contributed by atoms with Crippen LogP contribution in [0, 0.1) is 11.3 Å². The molecule has 0 spiro atoms. The van der Waals surface area contributed by atoms with E-state index in [0.29, 0.717) is 5.56 Å². The minimum Gasteiger partial charge on any atom is -0.455 e. The highest BCUT2D eigenvalue weighted by atomic mass is 16.3. The van der Waals surface area contributed by atoms with E-state index in [2.05, 4.69) is 72.8 Å². The van der Waals surface area contributed by atoms with E-state index in [0.717, 1.165) is 76.9 Å². The van der Waals surface area contributed by atoms with E-state index < -0.39 is 0 Å². The maximum atomic E-state index is 9.30. The smallest absolute Gasteiger partial charge is 0.147 e. The second-order valence-electron chi connectivity index (χ2n) is 9.67. The zero-order valence-corrected chi connectivity index (χ0v) is 20.2. The molecule has 0 aliphatic carbocycles. The molecule has 0 fully saturated rings. The summed E-state index contributed by atoms with van der Waals surface area (Å²) >= 11 is 0. The van der Waals surface area contributed by atoms with Gasteiger partial charge < -0.3 is 8.83 Å². The number of nitrogens with zero attached hydrogens (tertiary/aromatic N) is 1. The second-order valence-corrected chi connectivity index (χ2v) is 9.67. The first-order valence-electron chi connectivity index (χ1n) is 12.6. The summed E-state index contributed by atoms with van der Waals surface area (Å²) < 4.78 is 12.9. The van der Waals surface area contributed by atoms with Gasteiger partial charge in [0.1, 0.15) is 22.3 Å². The molecule has 2 aromatic heterocycles. The summed E-state index contributed by atoms with van der Waals surface area (Å²) in [7, 11) is 0. The van der Waals surface area contributed by atoms with E-state index in [4.69, 9.17) is 8.83 Å². The first kappa shape index (κ1) is 20.8. The zero-order chi connectivity index (χ0) is 25.2. The van der Waals surface area contributed by atoms with Gasteiger partial charge >= 0.3 is 0 Å². The summed E-state index contributed by atoms with van der Waals surface area (Å²) in [5.74, 6) is 0. The van der Waals surface area contributed by atoms with Gasteiger partial charge in [0.2, 0.25) is 0 Å². The van der Waals surface area contributed by atoms with E-state index in [1.54, 1.807) is 0 Å². The molecule has 6 aromatic carbocycles. The van der Waals surface area contributed by atoms with Crippen LogP contribution in [0.5, 0.6) is 0 Å². The highest BCUT2D eigenvalue weighted by Crippen LogP contribution is 2.44. The Morgan fingerprint density at radius 3 is 1.71 bits per heavy atom. The van der Waals surface area contributed by atoms with Crippen molar-refractivity contribution in [1.29, 1.82) is 5.26 Å². The van der Waals surface area contributed by atoms with Gasteiger partial charge in [0.15, 0.2) is 0 Å². The number of hydrogen-bond acceptors (Lipinski definition) is 3. The quantitative estimate of drug-likeness (QED) is 0.245. The Hall–Kier alpha value is -5.33. The summed E-state index contributed by atoms with van der Waals surface area (Å²) in [5.41, 5.74) is 8.20. The van der Waals surface area contributed by atoms with Gasteiger partial charge in [-0.1, -0.05) is 72.8 Å². The van der Waals surface area contributed by atoms with Gasteiger partial charge in [-0.3, -0.25) is 0 Å². The van der Waals surface area contributed by atoms with Crippen molar-refractivity contribution in [3.05, 3.63) is 121 Å². The lowest BCUT2D eigenvalue weighted by Gasteiger charge is -2.09. The number of para-hydroxylation sites is 2. The van der Waals surface area contributed by atoms with Crippen molar-refractivity contribution in [3.63, 3.8) is 0 Å². The van der Waals surface area contributed by atoms with Crippen molar-refractivity contribution in [2.75, 3.05) is 0 Å². The van der Waals surface area contributed by atoms with Crippen LogP contribution in [-0.4, -0.2) is 0 Å². The standard InChI is InChI=1S/C35H19NO2/c36-20-21-6-5-7-22(16-21)23-12-13-25-18-26(15-14-24(25)17-23)33-34-29(27-8-1-3-10-31(27)37-34)19-30-28-9-2-4-11-32(28)38-35(30)33/h1-19H. The first-order chi connectivity index (χ1) is 18.8. The van der Waals surface area contributed by atoms with Crippen molar-refractivity contribution < 1.29 is 8.83 Å². The number of benzene rings is 6. The minimum absolute atomic E-state index is 0.659. The number of fused-ring (bicyclic) bond motifs is 7. The van der Waals surface area contributed by atoms with Crippen molar-refractivity contribution in [2.45, 2.75) is 0 Å². The summed E-state index contributed by atoms with van der Waals surface area (Å²) in [4.78, 5) is 0. The third-order valence-corrected chi connectivity index (χ3v) is 7.46. The Kier molecular flexibility index (Phi) is 4.29. The predicted molar refractivity (Wildman–Crippen MR) is 154 cm³/mol. The van der Waals surface area contributed by atoms with Gasteiger partial charge in [-0.05, 0) is 69.9 Å². The molecule has 3 heteroatoms. The lowest BCUT2D eigenvalue weighted by atomic mass is 9.95. The molecule has 0 aliphatic heterocycles. The van der Waals surface area contributed by atoms with Crippen LogP contribution in [0.1, 0.15) is 5.56 Å². The fourth-order valence-corrected chi connectivity index (χ4v) is 5.65. The normalized spacial score (nSPS) is 11.7. The Morgan fingerprint density at radius 1 is 0.474 bits per heavy atom. The molecule has 8 aromatic rings. The van der Waals surface area contributed by atoms with Gasteiger partial charge in [-0.15, -0.1) is 0 Å². The highest BCUT2D eigenvalue weighted by Gasteiger charge is 2.21. The number of hydrogen-bond donors (Lipinski definition) is 0. The molecule has 2 heterocycles. The van der Waals surface area contributed by atoms with Gasteiger partial charge in [0.25, 0.3) is 0 Å². The van der Waals surface area contributed by atoms with Crippen molar-refractivity contribution >= 4 is 54.6 Å². The van der Waals surface area contributed by atoms with Crippen LogP contribution in [0.15, 0.2) is 124 Å². The number of furan rings is 2. The van der Waals surface area contributed by atoms with Crippen LogP contribution in [0.25, 0.3) is 76.9 Å². The van der Waals surface area contributed by atoms with Crippen LogP contribution >= 0.6 is 0 Å². The Morgan fingerprint density at radius 2 is 1.05 bits per heavy atom. The average molecular weight is 486 g/mol. The van der Waals surface area contributed by atoms with E-state index in [-0.39, 0.29) is 0 Å². The zero-order valence-electron chi connectivity index (χ0n) is 20.2. The van der Waals surface area contributed by atoms with Crippen LogP contribution in [0.4, 0.5) is 0 Å². The fourth-order valence-electron chi connectivity index (χ4n) is 5.65. The van der Waals surface area contributed by atoms with Crippen LogP contribution in [-0.2, 0) is 0 Å². The molecule has 0 unspecified atom stereocenters. The van der Waals surface area contributed by atoms with Gasteiger partial charge in [-0.25, -0.2) is 0 Å². The molecule has 0 radical (unpaired) electrons. The molecule has 38 heavy (non-hydrogen) atoms.